The average molecular weight is 366 g/mol. The van der Waals surface area contributed by atoms with Gasteiger partial charge < -0.3 is 4.74 Å². The maximum absolute atomic E-state index is 12.8. The predicted molar refractivity (Wildman–Crippen MR) is 102 cm³/mol. The van der Waals surface area contributed by atoms with E-state index in [-0.39, 0.29) is 0 Å². The van der Waals surface area contributed by atoms with Crippen molar-refractivity contribution in [3.05, 3.63) is 89.5 Å². The van der Waals surface area contributed by atoms with Gasteiger partial charge in [0, 0.05) is 17.4 Å². The summed E-state index contributed by atoms with van der Waals surface area (Å²) in [4.78, 5) is 0. The molecule has 0 fully saturated rings. The molecule has 0 N–H and O–H groups in total. The number of benzene rings is 4. The average Bonchev–Trinajstić information content (AvgIpc) is 2.68. The van der Waals surface area contributed by atoms with Crippen LogP contribution in [0.15, 0.2) is 72.8 Å². The van der Waals surface area contributed by atoms with Gasteiger partial charge in [-0.25, -0.2) is 0 Å². The van der Waals surface area contributed by atoms with E-state index in [9.17, 15) is 13.2 Å². The minimum Gasteiger partial charge on any atom is -0.496 e. The van der Waals surface area contributed by atoms with E-state index in [1.54, 1.807) is 7.11 Å². The van der Waals surface area contributed by atoms with Crippen LogP contribution in [0, 0.1) is 0 Å². The van der Waals surface area contributed by atoms with Crippen molar-refractivity contribution in [1.29, 1.82) is 0 Å². The van der Waals surface area contributed by atoms with Crippen molar-refractivity contribution < 1.29 is 17.9 Å². The molecule has 0 aromatic heterocycles. The van der Waals surface area contributed by atoms with E-state index in [1.165, 1.54) is 12.1 Å². The minimum absolute atomic E-state index is 0.493. The molecule has 0 heterocycles. The Morgan fingerprint density at radius 3 is 1.78 bits per heavy atom. The molecule has 4 aromatic carbocycles. The van der Waals surface area contributed by atoms with Crippen LogP contribution in [-0.2, 0) is 12.6 Å². The van der Waals surface area contributed by atoms with Gasteiger partial charge in [-0.15, -0.1) is 0 Å². The van der Waals surface area contributed by atoms with Crippen molar-refractivity contribution >= 4 is 21.5 Å². The van der Waals surface area contributed by atoms with Crippen LogP contribution in [0.4, 0.5) is 13.2 Å². The fourth-order valence-corrected chi connectivity index (χ4v) is 3.61. The summed E-state index contributed by atoms with van der Waals surface area (Å²) < 4.78 is 44.2. The third-order valence-corrected chi connectivity index (χ3v) is 4.85. The number of fused-ring (bicyclic) bond motifs is 3. The standard InChI is InChI=1S/C23H17F3O/c1-27-22-20-9-5-4-7-18(20)17-6-2-3-8-19(17)21(22)14-15-10-12-16(13-11-15)23(24,25)26/h2-13H,14H2,1H3. The predicted octanol–water partition coefficient (Wildman–Crippen LogP) is 6.61. The molecule has 4 aromatic rings. The molecule has 136 valence electrons. The van der Waals surface area contributed by atoms with Crippen molar-refractivity contribution in [2.45, 2.75) is 12.6 Å². The lowest BCUT2D eigenvalue weighted by atomic mass is 9.92. The van der Waals surface area contributed by atoms with Crippen LogP contribution in [0.3, 0.4) is 0 Å². The summed E-state index contributed by atoms with van der Waals surface area (Å²) in [6.07, 6.45) is -3.83. The van der Waals surface area contributed by atoms with Gasteiger partial charge >= 0.3 is 6.18 Å². The number of rotatable bonds is 3. The largest absolute Gasteiger partial charge is 0.496 e. The van der Waals surface area contributed by atoms with E-state index in [4.69, 9.17) is 4.74 Å². The Labute approximate surface area is 155 Å². The SMILES string of the molecule is COc1c(Cc2ccc(C(F)(F)F)cc2)c2ccccc2c2ccccc12. The molecule has 4 heteroatoms. The molecule has 27 heavy (non-hydrogen) atoms. The van der Waals surface area contributed by atoms with Crippen molar-refractivity contribution in [3.63, 3.8) is 0 Å². The Kier molecular flexibility index (Phi) is 4.27. The first-order valence-corrected chi connectivity index (χ1v) is 8.61. The van der Waals surface area contributed by atoms with E-state index in [2.05, 4.69) is 12.1 Å². The number of alkyl halides is 3. The number of hydrogen-bond acceptors (Lipinski definition) is 1. The van der Waals surface area contributed by atoms with Crippen LogP contribution in [-0.4, -0.2) is 7.11 Å². The fourth-order valence-electron chi connectivity index (χ4n) is 3.61. The lowest BCUT2D eigenvalue weighted by Crippen LogP contribution is -2.04. The summed E-state index contributed by atoms with van der Waals surface area (Å²) in [5.74, 6) is 0.768. The van der Waals surface area contributed by atoms with E-state index in [0.29, 0.717) is 6.42 Å². The quantitative estimate of drug-likeness (QED) is 0.371. The molecule has 0 saturated heterocycles. The second-order valence-corrected chi connectivity index (χ2v) is 6.47. The van der Waals surface area contributed by atoms with Gasteiger partial charge in [0.05, 0.1) is 12.7 Å². The highest BCUT2D eigenvalue weighted by molar-refractivity contribution is 6.12. The molecule has 1 nitrogen and oxygen atoms in total. The van der Waals surface area contributed by atoms with Crippen LogP contribution < -0.4 is 4.74 Å². The van der Waals surface area contributed by atoms with Gasteiger partial charge in [0.1, 0.15) is 5.75 Å². The molecule has 0 saturated carbocycles. The number of halogens is 3. The molecular weight excluding hydrogens is 349 g/mol. The molecule has 0 aliphatic heterocycles. The Bertz CT molecular complexity index is 1110. The first-order chi connectivity index (χ1) is 13.0. The zero-order valence-electron chi connectivity index (χ0n) is 14.7. The van der Waals surface area contributed by atoms with Crippen LogP contribution in [0.5, 0.6) is 5.75 Å². The minimum atomic E-state index is -4.33. The summed E-state index contributed by atoms with van der Waals surface area (Å²) in [5.41, 5.74) is 1.15. The van der Waals surface area contributed by atoms with Crippen molar-refractivity contribution in [2.75, 3.05) is 7.11 Å². The lowest BCUT2D eigenvalue weighted by molar-refractivity contribution is -0.137. The van der Waals surface area contributed by atoms with Gasteiger partial charge in [-0.1, -0.05) is 60.7 Å². The molecule has 0 aliphatic rings. The lowest BCUT2D eigenvalue weighted by Gasteiger charge is -2.17. The fraction of sp³-hybridized carbons (Fsp3) is 0.130. The molecule has 0 atom stereocenters. The van der Waals surface area contributed by atoms with E-state index in [0.717, 1.165) is 50.6 Å². The summed E-state index contributed by atoms with van der Waals surface area (Å²) in [7, 11) is 1.63. The van der Waals surface area contributed by atoms with Crippen molar-refractivity contribution in [1.82, 2.24) is 0 Å². The van der Waals surface area contributed by atoms with Crippen LogP contribution in [0.25, 0.3) is 21.5 Å². The van der Waals surface area contributed by atoms with Gasteiger partial charge in [-0.2, -0.15) is 13.2 Å². The normalized spacial score (nSPS) is 11.9. The maximum Gasteiger partial charge on any atom is 0.416 e. The first kappa shape index (κ1) is 17.4. The molecule has 4 rings (SSSR count). The third kappa shape index (κ3) is 3.12. The third-order valence-electron chi connectivity index (χ3n) is 4.85. The highest BCUT2D eigenvalue weighted by Gasteiger charge is 2.30. The summed E-state index contributed by atoms with van der Waals surface area (Å²) in [5, 5.41) is 4.26. The number of ether oxygens (including phenoxy) is 1. The summed E-state index contributed by atoms with van der Waals surface area (Å²) >= 11 is 0. The van der Waals surface area contributed by atoms with E-state index in [1.807, 2.05) is 36.4 Å². The first-order valence-electron chi connectivity index (χ1n) is 8.61. The Balaban J connectivity index is 1.90. The summed E-state index contributed by atoms with van der Waals surface area (Å²) in [6.45, 7) is 0. The summed E-state index contributed by atoms with van der Waals surface area (Å²) in [6, 6.07) is 21.4. The number of methoxy groups -OCH3 is 1. The molecular formula is C23H17F3O. The Hall–Kier alpha value is -3.01. The van der Waals surface area contributed by atoms with Crippen LogP contribution >= 0.6 is 0 Å². The van der Waals surface area contributed by atoms with Crippen molar-refractivity contribution in [2.24, 2.45) is 0 Å². The Morgan fingerprint density at radius 2 is 1.22 bits per heavy atom. The number of hydrogen-bond donors (Lipinski definition) is 0. The molecule has 0 amide bonds. The second kappa shape index (κ2) is 6.62. The molecule has 0 spiro atoms. The topological polar surface area (TPSA) is 9.23 Å². The smallest absolute Gasteiger partial charge is 0.416 e. The molecule has 0 bridgehead atoms. The molecule has 0 radical (unpaired) electrons. The van der Waals surface area contributed by atoms with E-state index < -0.39 is 11.7 Å². The monoisotopic (exact) mass is 366 g/mol. The van der Waals surface area contributed by atoms with Crippen molar-refractivity contribution in [3.8, 4) is 5.75 Å². The van der Waals surface area contributed by atoms with E-state index >= 15 is 0 Å². The van der Waals surface area contributed by atoms with Gasteiger partial charge in [-0.05, 0) is 33.9 Å². The van der Waals surface area contributed by atoms with Gasteiger partial charge in [0.15, 0.2) is 0 Å². The zero-order chi connectivity index (χ0) is 19.0. The molecule has 0 unspecified atom stereocenters. The maximum atomic E-state index is 12.8. The zero-order valence-corrected chi connectivity index (χ0v) is 14.7. The van der Waals surface area contributed by atoms with Crippen LogP contribution in [0.2, 0.25) is 0 Å². The van der Waals surface area contributed by atoms with Gasteiger partial charge in [0.2, 0.25) is 0 Å². The highest BCUT2D eigenvalue weighted by Crippen LogP contribution is 2.39. The van der Waals surface area contributed by atoms with Crippen LogP contribution in [0.1, 0.15) is 16.7 Å². The highest BCUT2D eigenvalue weighted by atomic mass is 19.4. The van der Waals surface area contributed by atoms with Gasteiger partial charge in [-0.3, -0.25) is 0 Å². The molecule has 0 aliphatic carbocycles. The second-order valence-electron chi connectivity index (χ2n) is 6.47. The Morgan fingerprint density at radius 1 is 0.704 bits per heavy atom. The van der Waals surface area contributed by atoms with Gasteiger partial charge in [0.25, 0.3) is 0 Å².